The quantitative estimate of drug-likeness (QED) is 0.809. The molecule has 0 spiro atoms. The van der Waals surface area contributed by atoms with Crippen molar-refractivity contribution in [3.05, 3.63) is 11.6 Å². The van der Waals surface area contributed by atoms with Crippen LogP contribution in [-0.2, 0) is 17.8 Å². The molecule has 5 nitrogen and oxygen atoms in total. The molecule has 0 N–H and O–H groups in total. The third-order valence-corrected chi connectivity index (χ3v) is 3.79. The van der Waals surface area contributed by atoms with Crippen LogP contribution in [0, 0.1) is 17.2 Å². The summed E-state index contributed by atoms with van der Waals surface area (Å²) in [4.78, 5) is 12.1. The second kappa shape index (κ2) is 4.52. The predicted molar refractivity (Wildman–Crippen MR) is 63.7 cm³/mol. The number of hydrogen-bond donors (Lipinski definition) is 0. The maximum Gasteiger partial charge on any atom is 0.165 e. The summed E-state index contributed by atoms with van der Waals surface area (Å²) in [5.74, 6) is 0.930. The second-order valence-corrected chi connectivity index (χ2v) is 5.18. The maximum atomic E-state index is 12.1. The van der Waals surface area contributed by atoms with E-state index in [9.17, 15) is 10.1 Å². The smallest absolute Gasteiger partial charge is 0.165 e. The Morgan fingerprint density at radius 3 is 2.89 bits per heavy atom. The number of fused-ring (bicyclic) bond motifs is 1. The number of carbonyl (C=O) groups excluding carboxylic acids is 1. The number of ketones is 1. The molecule has 2 heterocycles. The monoisotopic (exact) mass is 244 g/mol. The van der Waals surface area contributed by atoms with E-state index in [4.69, 9.17) is 0 Å². The minimum absolute atomic E-state index is 0.0388. The average molecular weight is 244 g/mol. The number of nitrogens with zero attached hydrogens (tertiary/aromatic N) is 4. The van der Waals surface area contributed by atoms with Crippen molar-refractivity contribution in [1.82, 2.24) is 14.8 Å². The van der Waals surface area contributed by atoms with Gasteiger partial charge in [-0.05, 0) is 25.7 Å². The van der Waals surface area contributed by atoms with Gasteiger partial charge in [-0.15, -0.1) is 10.2 Å². The molecule has 1 atom stereocenters. The molecule has 1 aromatic heterocycles. The van der Waals surface area contributed by atoms with Gasteiger partial charge in [-0.25, -0.2) is 0 Å². The van der Waals surface area contributed by atoms with Gasteiger partial charge in [0.25, 0.3) is 0 Å². The Bertz CT molecular complexity index is 510. The highest BCUT2D eigenvalue weighted by atomic mass is 16.1. The van der Waals surface area contributed by atoms with E-state index in [1.54, 1.807) is 0 Å². The molecule has 0 aromatic carbocycles. The van der Waals surface area contributed by atoms with Crippen molar-refractivity contribution < 1.29 is 4.79 Å². The van der Waals surface area contributed by atoms with Crippen LogP contribution in [0.4, 0.5) is 0 Å². The number of aromatic nitrogens is 3. The number of rotatable bonds is 3. The van der Waals surface area contributed by atoms with Crippen LogP contribution in [0.15, 0.2) is 0 Å². The molecule has 1 aliphatic carbocycles. The Morgan fingerprint density at radius 2 is 2.17 bits per heavy atom. The van der Waals surface area contributed by atoms with Gasteiger partial charge >= 0.3 is 0 Å². The lowest BCUT2D eigenvalue weighted by atomic mass is 10.0. The molecular formula is C13H16N4O. The number of nitriles is 1. The van der Waals surface area contributed by atoms with Gasteiger partial charge in [-0.2, -0.15) is 5.26 Å². The lowest BCUT2D eigenvalue weighted by Crippen LogP contribution is -2.18. The molecule has 1 aliphatic heterocycles. The molecule has 1 saturated carbocycles. The first-order valence-corrected chi connectivity index (χ1v) is 6.66. The minimum atomic E-state index is -0.711. The van der Waals surface area contributed by atoms with E-state index in [1.165, 1.54) is 6.42 Å². The van der Waals surface area contributed by atoms with Gasteiger partial charge in [0.05, 0.1) is 6.07 Å². The zero-order valence-corrected chi connectivity index (χ0v) is 10.3. The number of hydrogen-bond acceptors (Lipinski definition) is 4. The first-order valence-electron chi connectivity index (χ1n) is 6.66. The van der Waals surface area contributed by atoms with Crippen LogP contribution in [0.5, 0.6) is 0 Å². The molecule has 1 unspecified atom stereocenters. The standard InChI is InChI=1S/C13H16N4O/c14-8-10(12(18)9-5-6-9)13-16-15-11-4-2-1-3-7-17(11)13/h9-10H,1-7H2. The van der Waals surface area contributed by atoms with E-state index >= 15 is 0 Å². The number of aryl methyl sites for hydroxylation is 1. The molecule has 2 aliphatic rings. The zero-order valence-electron chi connectivity index (χ0n) is 10.3. The van der Waals surface area contributed by atoms with Crippen LogP contribution in [-0.4, -0.2) is 20.5 Å². The summed E-state index contributed by atoms with van der Waals surface area (Å²) in [6.07, 6.45) is 6.13. The molecule has 1 aromatic rings. The normalized spacial score (nSPS) is 20.6. The van der Waals surface area contributed by atoms with Crippen molar-refractivity contribution in [2.24, 2.45) is 5.92 Å². The van der Waals surface area contributed by atoms with Gasteiger partial charge in [0, 0.05) is 18.9 Å². The largest absolute Gasteiger partial charge is 0.313 e. The van der Waals surface area contributed by atoms with E-state index in [1.807, 2.05) is 4.57 Å². The maximum absolute atomic E-state index is 12.1. The fourth-order valence-corrected chi connectivity index (χ4v) is 2.57. The molecule has 5 heteroatoms. The summed E-state index contributed by atoms with van der Waals surface area (Å²) in [5.41, 5.74) is 0. The van der Waals surface area contributed by atoms with Gasteiger partial charge in [0.15, 0.2) is 17.5 Å². The zero-order chi connectivity index (χ0) is 12.5. The van der Waals surface area contributed by atoms with Crippen LogP contribution in [0.2, 0.25) is 0 Å². The summed E-state index contributed by atoms with van der Waals surface area (Å²) in [6, 6.07) is 2.12. The Kier molecular flexibility index (Phi) is 2.86. The molecule has 3 rings (SSSR count). The van der Waals surface area contributed by atoms with E-state index < -0.39 is 5.92 Å². The first-order chi connectivity index (χ1) is 8.81. The van der Waals surface area contributed by atoms with E-state index in [2.05, 4.69) is 16.3 Å². The highest BCUT2D eigenvalue weighted by Gasteiger charge is 2.38. The fourth-order valence-electron chi connectivity index (χ4n) is 2.57. The Morgan fingerprint density at radius 1 is 1.33 bits per heavy atom. The summed E-state index contributed by atoms with van der Waals surface area (Å²) in [5, 5.41) is 17.5. The van der Waals surface area contributed by atoms with Crippen molar-refractivity contribution in [2.75, 3.05) is 0 Å². The van der Waals surface area contributed by atoms with E-state index in [0.717, 1.165) is 44.5 Å². The Labute approximate surface area is 106 Å². The second-order valence-electron chi connectivity index (χ2n) is 5.18. The van der Waals surface area contributed by atoms with Gasteiger partial charge < -0.3 is 4.57 Å². The summed E-state index contributed by atoms with van der Waals surface area (Å²) >= 11 is 0. The van der Waals surface area contributed by atoms with E-state index in [-0.39, 0.29) is 11.7 Å². The lowest BCUT2D eigenvalue weighted by Gasteiger charge is -2.10. The van der Waals surface area contributed by atoms with Crippen LogP contribution >= 0.6 is 0 Å². The highest BCUT2D eigenvalue weighted by molar-refractivity contribution is 5.91. The van der Waals surface area contributed by atoms with Crippen molar-refractivity contribution in [1.29, 1.82) is 5.26 Å². The molecular weight excluding hydrogens is 228 g/mol. The third kappa shape index (κ3) is 1.92. The molecule has 94 valence electrons. The molecule has 0 amide bonds. The van der Waals surface area contributed by atoms with Crippen LogP contribution in [0.25, 0.3) is 0 Å². The van der Waals surface area contributed by atoms with Gasteiger partial charge in [0.2, 0.25) is 0 Å². The fraction of sp³-hybridized carbons (Fsp3) is 0.692. The molecule has 0 radical (unpaired) electrons. The molecule has 18 heavy (non-hydrogen) atoms. The average Bonchev–Trinajstić information content (AvgIpc) is 3.18. The molecule has 1 fully saturated rings. The van der Waals surface area contributed by atoms with Crippen molar-refractivity contribution in [2.45, 2.75) is 51.0 Å². The molecule has 0 bridgehead atoms. The van der Waals surface area contributed by atoms with Gasteiger partial charge in [-0.3, -0.25) is 4.79 Å². The first kappa shape index (κ1) is 11.4. The minimum Gasteiger partial charge on any atom is -0.313 e. The van der Waals surface area contributed by atoms with Crippen molar-refractivity contribution >= 4 is 5.78 Å². The van der Waals surface area contributed by atoms with E-state index in [0.29, 0.717) is 5.82 Å². The Balaban J connectivity index is 1.93. The third-order valence-electron chi connectivity index (χ3n) is 3.79. The molecule has 0 saturated heterocycles. The highest BCUT2D eigenvalue weighted by Crippen LogP contribution is 2.35. The summed E-state index contributed by atoms with van der Waals surface area (Å²) < 4.78 is 2.00. The SMILES string of the molecule is N#CC(C(=O)C1CC1)c1nnc2n1CCCCC2. The van der Waals surface area contributed by atoms with Crippen LogP contribution in [0.1, 0.15) is 49.7 Å². The van der Waals surface area contributed by atoms with Crippen molar-refractivity contribution in [3.63, 3.8) is 0 Å². The predicted octanol–water partition coefficient (Wildman–Crippen LogP) is 1.59. The summed E-state index contributed by atoms with van der Waals surface area (Å²) in [7, 11) is 0. The van der Waals surface area contributed by atoms with Crippen LogP contribution in [0.3, 0.4) is 0 Å². The Hall–Kier alpha value is -1.70. The summed E-state index contributed by atoms with van der Waals surface area (Å²) in [6.45, 7) is 0.841. The van der Waals surface area contributed by atoms with Crippen molar-refractivity contribution in [3.8, 4) is 6.07 Å². The number of Topliss-reactive ketones (excluding diaryl/α,β-unsaturated/α-hetero) is 1. The van der Waals surface area contributed by atoms with Crippen LogP contribution < -0.4 is 0 Å². The lowest BCUT2D eigenvalue weighted by molar-refractivity contribution is -0.120. The number of carbonyl (C=O) groups is 1. The topological polar surface area (TPSA) is 71.6 Å². The van der Waals surface area contributed by atoms with Gasteiger partial charge in [-0.1, -0.05) is 6.42 Å². The van der Waals surface area contributed by atoms with Gasteiger partial charge in [0.1, 0.15) is 5.82 Å².